The summed E-state index contributed by atoms with van der Waals surface area (Å²) in [5.74, 6) is 0.900. The van der Waals surface area contributed by atoms with Gasteiger partial charge in [0.15, 0.2) is 0 Å². The van der Waals surface area contributed by atoms with Crippen LogP contribution in [0.3, 0.4) is 0 Å². The van der Waals surface area contributed by atoms with Gasteiger partial charge in [0.1, 0.15) is 0 Å². The maximum atomic E-state index is 6.44. The zero-order chi connectivity index (χ0) is 10.1. The zero-order valence-electron chi connectivity index (χ0n) is 8.85. The van der Waals surface area contributed by atoms with Gasteiger partial charge in [-0.3, -0.25) is 0 Å². The molecule has 14 heavy (non-hydrogen) atoms. The molecule has 0 aliphatic heterocycles. The van der Waals surface area contributed by atoms with Gasteiger partial charge in [0.25, 0.3) is 0 Å². The predicted octanol–water partition coefficient (Wildman–Crippen LogP) is 4.84. The topological polar surface area (TPSA) is 0 Å². The fraction of sp³-hybridized carbons (Fsp3) is 0.667. The highest BCUT2D eigenvalue weighted by Gasteiger charge is 2.23. The van der Waals surface area contributed by atoms with Crippen LogP contribution in [-0.4, -0.2) is 0 Å². The van der Waals surface area contributed by atoms with Crippen LogP contribution in [0.25, 0.3) is 0 Å². The molecule has 1 fully saturated rings. The first-order chi connectivity index (χ1) is 6.66. The SMILES string of the molecule is Cc1cc(C(Cl)CC2CCC2)c(C)s1. The Morgan fingerprint density at radius 3 is 2.64 bits per heavy atom. The maximum Gasteiger partial charge on any atom is 0.0598 e. The number of halogens is 1. The first kappa shape index (κ1) is 10.5. The maximum absolute atomic E-state index is 6.44. The van der Waals surface area contributed by atoms with Crippen molar-refractivity contribution in [2.45, 2.75) is 44.9 Å². The fourth-order valence-corrected chi connectivity index (χ4v) is 3.64. The number of thiophene rings is 1. The molecule has 1 heterocycles. The summed E-state index contributed by atoms with van der Waals surface area (Å²) >= 11 is 8.30. The third kappa shape index (κ3) is 2.14. The third-order valence-electron chi connectivity index (χ3n) is 3.18. The summed E-state index contributed by atoms with van der Waals surface area (Å²) in [6, 6.07) is 2.26. The monoisotopic (exact) mass is 228 g/mol. The summed E-state index contributed by atoms with van der Waals surface area (Å²) < 4.78 is 0. The molecule has 1 aromatic heterocycles. The lowest BCUT2D eigenvalue weighted by Crippen LogP contribution is -2.12. The van der Waals surface area contributed by atoms with Crippen LogP contribution in [0.5, 0.6) is 0 Å². The number of aryl methyl sites for hydroxylation is 2. The number of hydrogen-bond acceptors (Lipinski definition) is 1. The Morgan fingerprint density at radius 2 is 2.21 bits per heavy atom. The van der Waals surface area contributed by atoms with Crippen LogP contribution in [0.2, 0.25) is 0 Å². The first-order valence-electron chi connectivity index (χ1n) is 5.38. The zero-order valence-corrected chi connectivity index (χ0v) is 10.4. The molecule has 1 aromatic rings. The van der Waals surface area contributed by atoms with Gasteiger partial charge in [0, 0.05) is 9.75 Å². The Kier molecular flexibility index (Phi) is 3.18. The van der Waals surface area contributed by atoms with Gasteiger partial charge in [-0.1, -0.05) is 19.3 Å². The van der Waals surface area contributed by atoms with E-state index in [1.54, 1.807) is 0 Å². The quantitative estimate of drug-likeness (QED) is 0.650. The van der Waals surface area contributed by atoms with Gasteiger partial charge in [-0.05, 0) is 37.8 Å². The number of hydrogen-bond donors (Lipinski definition) is 0. The minimum Gasteiger partial charge on any atom is -0.146 e. The van der Waals surface area contributed by atoms with Crippen LogP contribution in [0.15, 0.2) is 6.07 Å². The van der Waals surface area contributed by atoms with Crippen LogP contribution >= 0.6 is 22.9 Å². The van der Waals surface area contributed by atoms with E-state index in [0.717, 1.165) is 5.92 Å². The van der Waals surface area contributed by atoms with Crippen LogP contribution in [0.4, 0.5) is 0 Å². The molecular formula is C12H17ClS. The van der Waals surface area contributed by atoms with E-state index >= 15 is 0 Å². The molecule has 0 aromatic carbocycles. The van der Waals surface area contributed by atoms with Crippen molar-refractivity contribution in [3.8, 4) is 0 Å². The Hall–Kier alpha value is -0.0100. The third-order valence-corrected chi connectivity index (χ3v) is 4.58. The summed E-state index contributed by atoms with van der Waals surface area (Å²) in [6.45, 7) is 4.34. The van der Waals surface area contributed by atoms with E-state index in [9.17, 15) is 0 Å². The van der Waals surface area contributed by atoms with Crippen LogP contribution < -0.4 is 0 Å². The smallest absolute Gasteiger partial charge is 0.0598 e. The standard InChI is InChI=1S/C12H17ClS/c1-8-6-11(9(2)14-8)12(13)7-10-4-3-5-10/h6,10,12H,3-5,7H2,1-2H3. The molecule has 0 N–H and O–H groups in total. The average Bonchev–Trinajstić information content (AvgIpc) is 2.37. The van der Waals surface area contributed by atoms with Crippen LogP contribution in [0, 0.1) is 19.8 Å². The lowest BCUT2D eigenvalue weighted by molar-refractivity contribution is 0.293. The van der Waals surface area contributed by atoms with Crippen LogP contribution in [-0.2, 0) is 0 Å². The molecule has 0 saturated heterocycles. The summed E-state index contributed by atoms with van der Waals surface area (Å²) in [5, 5.41) is 0.255. The van der Waals surface area contributed by atoms with E-state index in [1.165, 1.54) is 41.0 Å². The first-order valence-corrected chi connectivity index (χ1v) is 6.63. The molecule has 0 amide bonds. The van der Waals surface area contributed by atoms with E-state index in [0.29, 0.717) is 0 Å². The molecule has 1 aliphatic rings. The van der Waals surface area contributed by atoms with Gasteiger partial charge < -0.3 is 0 Å². The van der Waals surface area contributed by atoms with Crippen molar-refractivity contribution >= 4 is 22.9 Å². The Labute approximate surface area is 95.3 Å². The van der Waals surface area contributed by atoms with E-state index < -0.39 is 0 Å². The summed E-state index contributed by atoms with van der Waals surface area (Å²) in [5.41, 5.74) is 1.38. The number of alkyl halides is 1. The molecule has 1 saturated carbocycles. The van der Waals surface area contributed by atoms with Crippen molar-refractivity contribution in [3.05, 3.63) is 21.4 Å². The molecular weight excluding hydrogens is 212 g/mol. The van der Waals surface area contributed by atoms with E-state index in [1.807, 2.05) is 11.3 Å². The van der Waals surface area contributed by atoms with Gasteiger partial charge in [0.2, 0.25) is 0 Å². The highest BCUT2D eigenvalue weighted by atomic mass is 35.5. The van der Waals surface area contributed by atoms with Crippen molar-refractivity contribution in [1.29, 1.82) is 0 Å². The second kappa shape index (κ2) is 4.24. The minimum absolute atomic E-state index is 0.255. The Bertz CT molecular complexity index is 312. The Balaban J connectivity index is 2.02. The highest BCUT2D eigenvalue weighted by Crippen LogP contribution is 2.40. The summed E-state index contributed by atoms with van der Waals surface area (Å²) in [6.07, 6.45) is 5.38. The highest BCUT2D eigenvalue weighted by molar-refractivity contribution is 7.12. The molecule has 0 bridgehead atoms. The van der Waals surface area contributed by atoms with Gasteiger partial charge in [-0.2, -0.15) is 0 Å². The minimum atomic E-state index is 0.255. The molecule has 0 nitrogen and oxygen atoms in total. The van der Waals surface area contributed by atoms with Crippen LogP contribution in [0.1, 0.15) is 46.4 Å². The summed E-state index contributed by atoms with van der Waals surface area (Å²) in [7, 11) is 0. The largest absolute Gasteiger partial charge is 0.146 e. The molecule has 1 aliphatic carbocycles. The molecule has 2 heteroatoms. The van der Waals surface area contributed by atoms with Gasteiger partial charge in [-0.15, -0.1) is 22.9 Å². The normalized spacial score (nSPS) is 19.4. The molecule has 0 spiro atoms. The average molecular weight is 229 g/mol. The second-order valence-electron chi connectivity index (χ2n) is 4.37. The van der Waals surface area contributed by atoms with E-state index in [4.69, 9.17) is 11.6 Å². The Morgan fingerprint density at radius 1 is 1.50 bits per heavy atom. The van der Waals surface area contributed by atoms with Gasteiger partial charge in [-0.25, -0.2) is 0 Å². The van der Waals surface area contributed by atoms with Gasteiger partial charge in [0.05, 0.1) is 5.38 Å². The molecule has 1 unspecified atom stereocenters. The van der Waals surface area contributed by atoms with Gasteiger partial charge >= 0.3 is 0 Å². The van der Waals surface area contributed by atoms with E-state index in [2.05, 4.69) is 19.9 Å². The number of rotatable bonds is 3. The van der Waals surface area contributed by atoms with E-state index in [-0.39, 0.29) is 5.38 Å². The lowest BCUT2D eigenvalue weighted by Gasteiger charge is -2.27. The van der Waals surface area contributed by atoms with Crippen molar-refractivity contribution in [3.63, 3.8) is 0 Å². The van der Waals surface area contributed by atoms with Crippen molar-refractivity contribution in [1.82, 2.24) is 0 Å². The predicted molar refractivity (Wildman–Crippen MR) is 64.3 cm³/mol. The molecule has 78 valence electrons. The van der Waals surface area contributed by atoms with Crippen molar-refractivity contribution < 1.29 is 0 Å². The second-order valence-corrected chi connectivity index (χ2v) is 6.36. The molecule has 1 atom stereocenters. The molecule has 2 rings (SSSR count). The van der Waals surface area contributed by atoms with Crippen molar-refractivity contribution in [2.75, 3.05) is 0 Å². The lowest BCUT2D eigenvalue weighted by atomic mass is 9.81. The summed E-state index contributed by atoms with van der Waals surface area (Å²) in [4.78, 5) is 2.79. The van der Waals surface area contributed by atoms with Crippen molar-refractivity contribution in [2.24, 2.45) is 5.92 Å². The fourth-order valence-electron chi connectivity index (χ4n) is 2.11. The molecule has 0 radical (unpaired) electrons.